The number of rotatable bonds is 8. The van der Waals surface area contributed by atoms with Gasteiger partial charge in [-0.25, -0.2) is 4.39 Å². The number of methoxy groups -OCH3 is 1. The van der Waals surface area contributed by atoms with Crippen LogP contribution in [0.4, 0.5) is 10.1 Å². The highest BCUT2D eigenvalue weighted by Crippen LogP contribution is 2.36. The summed E-state index contributed by atoms with van der Waals surface area (Å²) in [6.07, 6.45) is 3.55. The Morgan fingerprint density at radius 3 is 2.47 bits per heavy atom. The quantitative estimate of drug-likeness (QED) is 0.149. The van der Waals surface area contributed by atoms with Gasteiger partial charge in [0.05, 0.1) is 12.8 Å². The van der Waals surface area contributed by atoms with Crippen LogP contribution in [0.1, 0.15) is 16.7 Å². The van der Waals surface area contributed by atoms with Crippen LogP contribution in [-0.4, -0.2) is 24.0 Å². The number of allylic oxidation sites excluding steroid dienone is 1. The molecule has 3 aromatic rings. The second-order valence-corrected chi connectivity index (χ2v) is 9.39. The van der Waals surface area contributed by atoms with Crippen LogP contribution in [0.2, 0.25) is 10.0 Å². The summed E-state index contributed by atoms with van der Waals surface area (Å²) in [6, 6.07) is 13.7. The topological polar surface area (TPSA) is 67.9 Å². The van der Waals surface area contributed by atoms with Gasteiger partial charge in [-0.2, -0.15) is 0 Å². The molecule has 194 valence electrons. The molecule has 1 fully saturated rings. The molecule has 1 saturated heterocycles. The molecule has 1 heterocycles. The molecule has 0 unspecified atom stereocenters. The number of amides is 2. The first-order valence-electron chi connectivity index (χ1n) is 11.3. The highest BCUT2D eigenvalue weighted by Gasteiger charge is 2.34. The Balaban J connectivity index is 1.70. The minimum absolute atomic E-state index is 0.0988. The van der Waals surface area contributed by atoms with Crippen LogP contribution in [0.5, 0.6) is 11.5 Å². The van der Waals surface area contributed by atoms with E-state index in [1.807, 2.05) is 0 Å². The van der Waals surface area contributed by atoms with E-state index >= 15 is 0 Å². The largest absolute Gasteiger partial charge is 0.493 e. The second kappa shape index (κ2) is 11.8. The average molecular weight is 571 g/mol. The van der Waals surface area contributed by atoms with Gasteiger partial charge >= 0.3 is 0 Å². The van der Waals surface area contributed by atoms with Crippen molar-refractivity contribution in [2.75, 3.05) is 12.0 Å². The third kappa shape index (κ3) is 5.88. The molecule has 38 heavy (non-hydrogen) atoms. The van der Waals surface area contributed by atoms with Gasteiger partial charge in [-0.15, -0.1) is 6.58 Å². The van der Waals surface area contributed by atoms with Crippen molar-refractivity contribution < 1.29 is 23.5 Å². The van der Waals surface area contributed by atoms with Gasteiger partial charge in [0.2, 0.25) is 0 Å². The Morgan fingerprint density at radius 2 is 1.82 bits per heavy atom. The van der Waals surface area contributed by atoms with E-state index < -0.39 is 17.6 Å². The third-order valence-electron chi connectivity index (χ3n) is 5.62. The van der Waals surface area contributed by atoms with Crippen LogP contribution in [0.25, 0.3) is 6.08 Å². The van der Waals surface area contributed by atoms with Gasteiger partial charge in [0.15, 0.2) is 16.6 Å². The van der Waals surface area contributed by atoms with Crippen molar-refractivity contribution in [1.29, 1.82) is 0 Å². The number of carbonyl (C=O) groups is 2. The summed E-state index contributed by atoms with van der Waals surface area (Å²) in [4.78, 5) is 27.2. The Bertz CT molecular complexity index is 1470. The Hall–Kier alpha value is -3.72. The normalized spacial score (nSPS) is 14.5. The molecule has 1 N–H and O–H groups in total. The van der Waals surface area contributed by atoms with E-state index in [1.54, 1.807) is 36.4 Å². The lowest BCUT2D eigenvalue weighted by Crippen LogP contribution is -2.54. The van der Waals surface area contributed by atoms with Crippen LogP contribution in [0.3, 0.4) is 0 Å². The van der Waals surface area contributed by atoms with E-state index in [-0.39, 0.29) is 17.3 Å². The van der Waals surface area contributed by atoms with E-state index in [0.29, 0.717) is 44.8 Å². The molecule has 0 aliphatic carbocycles. The first-order valence-corrected chi connectivity index (χ1v) is 12.4. The molecule has 0 radical (unpaired) electrons. The molecule has 0 saturated carbocycles. The van der Waals surface area contributed by atoms with E-state index in [1.165, 1.54) is 37.5 Å². The van der Waals surface area contributed by atoms with Gasteiger partial charge < -0.3 is 9.47 Å². The molecule has 3 aromatic carbocycles. The smallest absolute Gasteiger partial charge is 0.270 e. The van der Waals surface area contributed by atoms with Crippen molar-refractivity contribution in [1.82, 2.24) is 5.32 Å². The molecule has 10 heteroatoms. The Morgan fingerprint density at radius 1 is 1.08 bits per heavy atom. The number of nitrogens with one attached hydrogen (secondary N) is 1. The van der Waals surface area contributed by atoms with E-state index in [9.17, 15) is 14.0 Å². The van der Waals surface area contributed by atoms with Crippen LogP contribution >= 0.6 is 35.4 Å². The fourth-order valence-electron chi connectivity index (χ4n) is 3.83. The number of nitrogens with zero attached hydrogens (tertiary/aromatic N) is 1. The predicted octanol–water partition coefficient (Wildman–Crippen LogP) is 6.28. The van der Waals surface area contributed by atoms with Crippen LogP contribution in [0, 0.1) is 5.82 Å². The number of halogens is 3. The van der Waals surface area contributed by atoms with Gasteiger partial charge in [-0.05, 0) is 78.8 Å². The SMILES string of the molecule is C=CCc1cc(/C=C2/C(=O)NC(=S)N(c3ccc(F)cc3)C2=O)cc(OC)c1OCc1ccc(Cl)cc1Cl. The maximum atomic E-state index is 13.4. The minimum atomic E-state index is -0.652. The summed E-state index contributed by atoms with van der Waals surface area (Å²) < 4.78 is 25.1. The van der Waals surface area contributed by atoms with E-state index in [0.717, 1.165) is 10.5 Å². The molecular formula is C28H21Cl2FN2O4S. The zero-order valence-corrected chi connectivity index (χ0v) is 22.4. The molecule has 1 aliphatic heterocycles. The van der Waals surface area contributed by atoms with Gasteiger partial charge in [0.1, 0.15) is 18.0 Å². The van der Waals surface area contributed by atoms with Crippen LogP contribution in [0.15, 0.2) is 72.8 Å². The number of benzene rings is 3. The van der Waals surface area contributed by atoms with Crippen LogP contribution < -0.4 is 19.7 Å². The van der Waals surface area contributed by atoms with Crippen molar-refractivity contribution >= 4 is 64.1 Å². The number of thiocarbonyl (C=S) groups is 1. The summed E-state index contributed by atoms with van der Waals surface area (Å²) in [5.41, 5.74) is 2.12. The van der Waals surface area contributed by atoms with Crippen LogP contribution in [-0.2, 0) is 22.6 Å². The standard InChI is InChI=1S/C28H21Cl2FN2O4S/c1-3-4-17-11-16(13-24(36-2)25(17)37-15-18-5-6-19(29)14-23(18)30)12-22-26(34)32-28(38)33(27(22)35)21-9-7-20(31)8-10-21/h3,5-14H,1,4,15H2,2H3,(H,32,34,38)/b22-12-. The summed E-state index contributed by atoms with van der Waals surface area (Å²) in [7, 11) is 1.49. The zero-order chi connectivity index (χ0) is 27.4. The first kappa shape index (κ1) is 27.3. The molecule has 0 bridgehead atoms. The van der Waals surface area contributed by atoms with Gasteiger partial charge in [0.25, 0.3) is 11.8 Å². The summed E-state index contributed by atoms with van der Waals surface area (Å²) in [5.74, 6) is -0.913. The molecule has 1 aliphatic rings. The van der Waals surface area contributed by atoms with Gasteiger partial charge in [0, 0.05) is 21.2 Å². The number of hydrogen-bond donors (Lipinski definition) is 1. The molecule has 0 aromatic heterocycles. The molecular weight excluding hydrogens is 550 g/mol. The number of hydrogen-bond acceptors (Lipinski definition) is 5. The average Bonchev–Trinajstić information content (AvgIpc) is 2.87. The lowest BCUT2D eigenvalue weighted by molar-refractivity contribution is -0.122. The Labute approximate surface area is 234 Å². The minimum Gasteiger partial charge on any atom is -0.493 e. The lowest BCUT2D eigenvalue weighted by Gasteiger charge is -2.29. The highest BCUT2D eigenvalue weighted by molar-refractivity contribution is 7.80. The first-order chi connectivity index (χ1) is 18.2. The summed E-state index contributed by atoms with van der Waals surface area (Å²) in [5, 5.41) is 3.39. The monoisotopic (exact) mass is 570 g/mol. The maximum absolute atomic E-state index is 13.4. The maximum Gasteiger partial charge on any atom is 0.270 e. The molecule has 4 rings (SSSR count). The third-order valence-corrected chi connectivity index (χ3v) is 6.49. The number of anilines is 1. The molecule has 6 nitrogen and oxygen atoms in total. The van der Waals surface area contributed by atoms with Crippen molar-refractivity contribution in [3.8, 4) is 11.5 Å². The second-order valence-electron chi connectivity index (χ2n) is 8.16. The van der Waals surface area contributed by atoms with Crippen molar-refractivity contribution in [3.05, 3.63) is 105 Å². The summed E-state index contributed by atoms with van der Waals surface area (Å²) >= 11 is 17.5. The fourth-order valence-corrected chi connectivity index (χ4v) is 4.57. The molecule has 2 amide bonds. The lowest BCUT2D eigenvalue weighted by atomic mass is 10.0. The highest BCUT2D eigenvalue weighted by atomic mass is 35.5. The van der Waals surface area contributed by atoms with Gasteiger partial charge in [-0.3, -0.25) is 19.8 Å². The molecule has 0 atom stereocenters. The zero-order valence-electron chi connectivity index (χ0n) is 20.1. The van der Waals surface area contributed by atoms with E-state index in [2.05, 4.69) is 11.9 Å². The van der Waals surface area contributed by atoms with Crippen molar-refractivity contribution in [3.63, 3.8) is 0 Å². The number of carbonyl (C=O) groups excluding carboxylic acids is 2. The van der Waals surface area contributed by atoms with E-state index in [4.69, 9.17) is 44.9 Å². The Kier molecular flexibility index (Phi) is 8.46. The molecule has 0 spiro atoms. The fraction of sp³-hybridized carbons (Fsp3) is 0.107. The van der Waals surface area contributed by atoms with Gasteiger partial charge in [-0.1, -0.05) is 35.3 Å². The predicted molar refractivity (Wildman–Crippen MR) is 150 cm³/mol. The van der Waals surface area contributed by atoms with Crippen molar-refractivity contribution in [2.45, 2.75) is 13.0 Å². The van der Waals surface area contributed by atoms with Crippen molar-refractivity contribution in [2.24, 2.45) is 0 Å². The summed E-state index contributed by atoms with van der Waals surface area (Å²) in [6.45, 7) is 3.96. The number of ether oxygens (including phenoxy) is 2.